The summed E-state index contributed by atoms with van der Waals surface area (Å²) in [5.41, 5.74) is 1.64. The molecule has 0 bridgehead atoms. The molecule has 0 saturated carbocycles. The van der Waals surface area contributed by atoms with Crippen LogP contribution >= 0.6 is 0 Å². The van der Waals surface area contributed by atoms with E-state index in [4.69, 9.17) is 0 Å². The molecular formula is C12H14N4O2. The summed E-state index contributed by atoms with van der Waals surface area (Å²) in [6, 6.07) is -0.169. The summed E-state index contributed by atoms with van der Waals surface area (Å²) < 4.78 is 0. The van der Waals surface area contributed by atoms with Crippen molar-refractivity contribution in [1.29, 1.82) is 0 Å². The molecule has 2 N–H and O–H groups in total. The van der Waals surface area contributed by atoms with Gasteiger partial charge in [0.05, 0.1) is 5.71 Å². The first-order valence-electron chi connectivity index (χ1n) is 6.10. The molecule has 1 fully saturated rings. The van der Waals surface area contributed by atoms with Crippen molar-refractivity contribution in [3.05, 3.63) is 11.8 Å². The van der Waals surface area contributed by atoms with E-state index in [1.807, 2.05) is 0 Å². The van der Waals surface area contributed by atoms with Crippen LogP contribution in [0.4, 0.5) is 0 Å². The average Bonchev–Trinajstić information content (AvgIpc) is 3.06. The van der Waals surface area contributed by atoms with Crippen molar-refractivity contribution in [3.63, 3.8) is 0 Å². The zero-order valence-corrected chi connectivity index (χ0v) is 9.83. The predicted molar refractivity (Wildman–Crippen MR) is 68.1 cm³/mol. The molecule has 3 rings (SSSR count). The molecular weight excluding hydrogens is 232 g/mol. The van der Waals surface area contributed by atoms with Crippen LogP contribution in [-0.4, -0.2) is 47.2 Å². The number of aliphatic hydroxyl groups excluding tert-OH is 1. The monoisotopic (exact) mass is 246 g/mol. The Kier molecular flexibility index (Phi) is 2.89. The van der Waals surface area contributed by atoms with E-state index < -0.39 is 6.10 Å². The van der Waals surface area contributed by atoms with Gasteiger partial charge in [-0.1, -0.05) is 0 Å². The Bertz CT molecular complexity index is 498. The zero-order valence-electron chi connectivity index (χ0n) is 9.83. The lowest BCUT2D eigenvalue weighted by Crippen LogP contribution is -2.43. The number of carbonyl (C=O) groups is 1. The first-order valence-corrected chi connectivity index (χ1v) is 6.10. The average molecular weight is 246 g/mol. The fourth-order valence-electron chi connectivity index (χ4n) is 2.39. The molecule has 0 radical (unpaired) electrons. The van der Waals surface area contributed by atoms with Crippen LogP contribution in [0.15, 0.2) is 27.0 Å². The van der Waals surface area contributed by atoms with Gasteiger partial charge in [0, 0.05) is 30.5 Å². The molecule has 3 aliphatic rings. The van der Waals surface area contributed by atoms with E-state index in [9.17, 15) is 9.90 Å². The number of allylic oxidation sites excluding steroid dienone is 1. The summed E-state index contributed by atoms with van der Waals surface area (Å²) in [7, 11) is 0. The van der Waals surface area contributed by atoms with E-state index in [0.717, 1.165) is 25.1 Å². The van der Waals surface area contributed by atoms with Crippen molar-refractivity contribution in [3.8, 4) is 0 Å². The second-order valence-electron chi connectivity index (χ2n) is 4.59. The van der Waals surface area contributed by atoms with Gasteiger partial charge in [0.1, 0.15) is 11.8 Å². The van der Waals surface area contributed by atoms with Gasteiger partial charge in [-0.3, -0.25) is 9.79 Å². The number of carbonyl (C=O) groups excluding carboxylic acids is 1. The molecule has 3 aliphatic heterocycles. The summed E-state index contributed by atoms with van der Waals surface area (Å²) in [4.78, 5) is 16.2. The second kappa shape index (κ2) is 4.55. The van der Waals surface area contributed by atoms with E-state index in [2.05, 4.69) is 20.5 Å². The molecule has 0 amide bonds. The Labute approximate surface area is 104 Å². The third-order valence-electron chi connectivity index (χ3n) is 3.41. The molecule has 1 saturated heterocycles. The number of hydrogen-bond acceptors (Lipinski definition) is 6. The molecule has 94 valence electrons. The topological polar surface area (TPSA) is 86.4 Å². The van der Waals surface area contributed by atoms with E-state index in [-0.39, 0.29) is 17.5 Å². The smallest absolute Gasteiger partial charge is 0.213 e. The van der Waals surface area contributed by atoms with Gasteiger partial charge < -0.3 is 10.4 Å². The van der Waals surface area contributed by atoms with Crippen LogP contribution in [0.25, 0.3) is 0 Å². The van der Waals surface area contributed by atoms with Gasteiger partial charge in [-0.15, -0.1) is 5.10 Å². The van der Waals surface area contributed by atoms with Gasteiger partial charge in [0.25, 0.3) is 0 Å². The van der Waals surface area contributed by atoms with E-state index >= 15 is 0 Å². The summed E-state index contributed by atoms with van der Waals surface area (Å²) in [6.45, 7) is 0.843. The minimum atomic E-state index is -1.05. The van der Waals surface area contributed by atoms with Crippen molar-refractivity contribution in [2.75, 3.05) is 6.54 Å². The SMILES string of the molecule is O=C(C1=NN=C2CC=NC=C21)C(O)C1CCCN1. The highest BCUT2D eigenvalue weighted by Gasteiger charge is 2.35. The number of fused-ring (bicyclic) bond motifs is 1. The Morgan fingerprint density at radius 3 is 3.17 bits per heavy atom. The third kappa shape index (κ3) is 1.83. The van der Waals surface area contributed by atoms with E-state index in [1.54, 1.807) is 12.4 Å². The lowest BCUT2D eigenvalue weighted by molar-refractivity contribution is -0.121. The van der Waals surface area contributed by atoms with Crippen molar-refractivity contribution in [2.24, 2.45) is 15.2 Å². The van der Waals surface area contributed by atoms with Crippen LogP contribution in [-0.2, 0) is 4.79 Å². The number of hydrogen-bond donors (Lipinski definition) is 2. The summed E-state index contributed by atoms with van der Waals surface area (Å²) in [5.74, 6) is -0.364. The molecule has 0 aromatic carbocycles. The minimum absolute atomic E-state index is 0.169. The summed E-state index contributed by atoms with van der Waals surface area (Å²) in [5, 5.41) is 21.0. The fourth-order valence-corrected chi connectivity index (χ4v) is 2.39. The standard InChI is InChI=1S/C12H14N4O2/c17-11(9-2-1-4-14-9)12(18)10-7-6-13-5-3-8(7)15-16-10/h5-6,9,11,14,17H,1-4H2. The lowest BCUT2D eigenvalue weighted by Gasteiger charge is -2.17. The van der Waals surface area contributed by atoms with Crippen molar-refractivity contribution >= 4 is 23.4 Å². The Balaban J connectivity index is 1.77. The highest BCUT2D eigenvalue weighted by molar-refractivity contribution is 6.55. The molecule has 0 aromatic heterocycles. The van der Waals surface area contributed by atoms with Crippen LogP contribution in [0.5, 0.6) is 0 Å². The maximum atomic E-state index is 12.2. The van der Waals surface area contributed by atoms with Gasteiger partial charge in [0.2, 0.25) is 5.78 Å². The first-order chi connectivity index (χ1) is 8.77. The largest absolute Gasteiger partial charge is 0.383 e. The fraction of sp³-hybridized carbons (Fsp3) is 0.500. The maximum Gasteiger partial charge on any atom is 0.213 e. The highest BCUT2D eigenvalue weighted by atomic mass is 16.3. The summed E-state index contributed by atoms with van der Waals surface area (Å²) >= 11 is 0. The molecule has 2 unspecified atom stereocenters. The Morgan fingerprint density at radius 2 is 2.39 bits per heavy atom. The molecule has 3 heterocycles. The number of rotatable bonds is 3. The van der Waals surface area contributed by atoms with Crippen LogP contribution < -0.4 is 5.32 Å². The van der Waals surface area contributed by atoms with Gasteiger partial charge in [-0.25, -0.2) is 0 Å². The molecule has 0 aromatic rings. The normalized spacial score (nSPS) is 27.4. The minimum Gasteiger partial charge on any atom is -0.383 e. The van der Waals surface area contributed by atoms with Crippen LogP contribution in [0.2, 0.25) is 0 Å². The second-order valence-corrected chi connectivity index (χ2v) is 4.59. The zero-order chi connectivity index (χ0) is 12.5. The molecule has 6 nitrogen and oxygen atoms in total. The predicted octanol–water partition coefficient (Wildman–Crippen LogP) is -0.163. The molecule has 6 heteroatoms. The Morgan fingerprint density at radius 1 is 1.50 bits per heavy atom. The van der Waals surface area contributed by atoms with Crippen LogP contribution in [0.3, 0.4) is 0 Å². The number of nitrogens with zero attached hydrogens (tertiary/aromatic N) is 3. The van der Waals surface area contributed by atoms with Gasteiger partial charge in [-0.05, 0) is 19.4 Å². The van der Waals surface area contributed by atoms with Crippen LogP contribution in [0.1, 0.15) is 19.3 Å². The number of ketones is 1. The number of aliphatic hydroxyl groups is 1. The van der Waals surface area contributed by atoms with Crippen molar-refractivity contribution in [1.82, 2.24) is 5.32 Å². The van der Waals surface area contributed by atoms with Crippen molar-refractivity contribution < 1.29 is 9.90 Å². The van der Waals surface area contributed by atoms with Gasteiger partial charge in [-0.2, -0.15) is 5.10 Å². The van der Waals surface area contributed by atoms with Gasteiger partial charge in [0.15, 0.2) is 0 Å². The molecule has 18 heavy (non-hydrogen) atoms. The van der Waals surface area contributed by atoms with Crippen LogP contribution in [0, 0.1) is 0 Å². The van der Waals surface area contributed by atoms with E-state index in [1.165, 1.54) is 0 Å². The molecule has 2 atom stereocenters. The first kappa shape index (κ1) is 11.4. The number of aliphatic imine (C=N–C) groups is 1. The quantitative estimate of drug-likeness (QED) is 0.725. The van der Waals surface area contributed by atoms with Crippen molar-refractivity contribution in [2.45, 2.75) is 31.4 Å². The maximum absolute atomic E-state index is 12.2. The number of nitrogens with one attached hydrogen (secondary N) is 1. The van der Waals surface area contributed by atoms with Gasteiger partial charge >= 0.3 is 0 Å². The Hall–Kier alpha value is -1.66. The third-order valence-corrected chi connectivity index (χ3v) is 3.41. The lowest BCUT2D eigenvalue weighted by atomic mass is 9.95. The molecule has 0 spiro atoms. The highest BCUT2D eigenvalue weighted by Crippen LogP contribution is 2.19. The molecule has 0 aliphatic carbocycles. The van der Waals surface area contributed by atoms with E-state index in [0.29, 0.717) is 12.0 Å². The summed E-state index contributed by atoms with van der Waals surface area (Å²) in [6.07, 6.45) is 4.64. The number of Topliss-reactive ketones (excluding diaryl/α,β-unsaturated/α-hetero) is 1.